The van der Waals surface area contributed by atoms with Gasteiger partial charge < -0.3 is 14.8 Å². The van der Waals surface area contributed by atoms with E-state index in [-0.39, 0.29) is 12.2 Å². The summed E-state index contributed by atoms with van der Waals surface area (Å²) < 4.78 is 11.9. The summed E-state index contributed by atoms with van der Waals surface area (Å²) in [5.74, 6) is 1.83. The Balaban J connectivity index is 1.33. The second kappa shape index (κ2) is 8.43. The molecule has 2 atom stereocenters. The summed E-state index contributed by atoms with van der Waals surface area (Å²) in [5, 5.41) is 3.18. The van der Waals surface area contributed by atoms with Gasteiger partial charge in [-0.1, -0.05) is 50.2 Å². The monoisotopic (exact) mass is 434 g/mol. The van der Waals surface area contributed by atoms with Gasteiger partial charge in [-0.3, -0.25) is 4.90 Å². The van der Waals surface area contributed by atoms with Crippen molar-refractivity contribution in [1.82, 2.24) is 10.2 Å². The molecule has 6 rings (SSSR count). The van der Waals surface area contributed by atoms with Crippen molar-refractivity contribution >= 4 is 6.09 Å². The number of alkyl carbamates (subject to hydrolysis) is 1. The normalized spacial score (nSPS) is 28.7. The quantitative estimate of drug-likeness (QED) is 0.710. The van der Waals surface area contributed by atoms with E-state index in [1.54, 1.807) is 0 Å². The molecule has 4 heterocycles. The van der Waals surface area contributed by atoms with Crippen molar-refractivity contribution in [3.63, 3.8) is 0 Å². The molecule has 32 heavy (non-hydrogen) atoms. The van der Waals surface area contributed by atoms with Crippen LogP contribution in [-0.2, 0) is 10.3 Å². The predicted octanol–water partition coefficient (Wildman–Crippen LogP) is 5.30. The summed E-state index contributed by atoms with van der Waals surface area (Å²) in [6, 6.07) is 15.0. The first kappa shape index (κ1) is 21.3. The molecule has 0 saturated carbocycles. The van der Waals surface area contributed by atoms with E-state index in [0.29, 0.717) is 18.4 Å². The van der Waals surface area contributed by atoms with E-state index in [2.05, 4.69) is 73.5 Å². The van der Waals surface area contributed by atoms with Crippen molar-refractivity contribution in [2.75, 3.05) is 26.2 Å². The first-order valence-corrected chi connectivity index (χ1v) is 12.0. The molecule has 2 bridgehead atoms. The number of carbonyl (C=O) groups is 1. The molecule has 0 aromatic heterocycles. The van der Waals surface area contributed by atoms with Crippen molar-refractivity contribution < 1.29 is 14.3 Å². The number of hydrogen-bond acceptors (Lipinski definition) is 4. The van der Waals surface area contributed by atoms with Crippen LogP contribution in [0, 0.1) is 5.92 Å². The summed E-state index contributed by atoms with van der Waals surface area (Å²) in [5.41, 5.74) is 4.15. The zero-order chi connectivity index (χ0) is 22.3. The Morgan fingerprint density at radius 3 is 2.66 bits per heavy atom. The largest absolute Gasteiger partial charge is 0.493 e. The highest BCUT2D eigenvalue weighted by Gasteiger charge is 2.39. The van der Waals surface area contributed by atoms with Crippen LogP contribution in [0.25, 0.3) is 11.1 Å². The molecule has 4 aliphatic rings. The number of benzene rings is 2. The fourth-order valence-electron chi connectivity index (χ4n) is 5.42. The van der Waals surface area contributed by atoms with Crippen LogP contribution in [-0.4, -0.2) is 43.3 Å². The first-order valence-electron chi connectivity index (χ1n) is 12.0. The van der Waals surface area contributed by atoms with Crippen LogP contribution in [0.2, 0.25) is 0 Å². The van der Waals surface area contributed by atoms with E-state index < -0.39 is 5.54 Å². The van der Waals surface area contributed by atoms with Crippen LogP contribution in [0.5, 0.6) is 5.75 Å². The van der Waals surface area contributed by atoms with Gasteiger partial charge in [-0.15, -0.1) is 0 Å². The maximum atomic E-state index is 12.9. The Labute approximate surface area is 191 Å². The van der Waals surface area contributed by atoms with Crippen LogP contribution in [0.3, 0.4) is 0 Å². The molecule has 1 amide bonds. The standard InChI is InChI=1S/C27H34N2O3/c1-18(2)20-5-4-6-21(15-20)22-7-8-23-24(16-22)31-14-11-27(23,3)28-26(30)32-25-17-29-12-9-19(25)10-13-29/h4-8,15-16,18-19,25H,9-14,17H2,1-3H3,(H,28,30)/t25-,27?/m0/s1. The van der Waals surface area contributed by atoms with Gasteiger partial charge in [0.1, 0.15) is 11.9 Å². The molecule has 3 saturated heterocycles. The molecule has 1 unspecified atom stereocenters. The van der Waals surface area contributed by atoms with E-state index in [1.165, 1.54) is 11.1 Å². The zero-order valence-corrected chi connectivity index (χ0v) is 19.4. The lowest BCUT2D eigenvalue weighted by molar-refractivity contribution is -0.0358. The summed E-state index contributed by atoms with van der Waals surface area (Å²) in [4.78, 5) is 15.3. The summed E-state index contributed by atoms with van der Waals surface area (Å²) in [7, 11) is 0. The molecule has 170 valence electrons. The lowest BCUT2D eigenvalue weighted by Gasteiger charge is -2.44. The number of piperidine rings is 3. The lowest BCUT2D eigenvalue weighted by atomic mass is 9.85. The highest BCUT2D eigenvalue weighted by Crippen LogP contribution is 2.40. The molecule has 0 spiro atoms. The Kier molecular flexibility index (Phi) is 5.62. The number of nitrogens with zero attached hydrogens (tertiary/aromatic N) is 1. The number of carbonyl (C=O) groups excluding carboxylic acids is 1. The molecule has 1 N–H and O–H groups in total. The second-order valence-electron chi connectivity index (χ2n) is 10.1. The van der Waals surface area contributed by atoms with E-state index >= 15 is 0 Å². The molecule has 4 aliphatic heterocycles. The highest BCUT2D eigenvalue weighted by atomic mass is 16.6. The van der Waals surface area contributed by atoms with Crippen molar-refractivity contribution in [2.24, 2.45) is 5.92 Å². The van der Waals surface area contributed by atoms with Gasteiger partial charge in [-0.25, -0.2) is 4.79 Å². The second-order valence-corrected chi connectivity index (χ2v) is 10.1. The van der Waals surface area contributed by atoms with E-state index in [9.17, 15) is 4.79 Å². The number of rotatable bonds is 4. The Bertz CT molecular complexity index is 996. The van der Waals surface area contributed by atoms with E-state index in [0.717, 1.165) is 55.8 Å². The minimum Gasteiger partial charge on any atom is -0.493 e. The van der Waals surface area contributed by atoms with Crippen molar-refractivity contribution in [1.29, 1.82) is 0 Å². The number of nitrogens with one attached hydrogen (secondary N) is 1. The van der Waals surface area contributed by atoms with E-state index in [1.807, 2.05) is 0 Å². The molecular weight excluding hydrogens is 400 g/mol. The minimum absolute atomic E-state index is 0.0102. The molecule has 3 fully saturated rings. The fraction of sp³-hybridized carbons (Fsp3) is 0.519. The van der Waals surface area contributed by atoms with Gasteiger partial charge in [-0.2, -0.15) is 0 Å². The molecule has 2 aromatic rings. The number of hydrogen-bond donors (Lipinski definition) is 1. The van der Waals surface area contributed by atoms with Gasteiger partial charge in [0.25, 0.3) is 0 Å². The smallest absolute Gasteiger partial charge is 0.408 e. The SMILES string of the molecule is CC(C)c1cccc(-c2ccc3c(c2)OCCC3(C)NC(=O)O[C@H]2CN3CCC2CC3)c1. The average molecular weight is 435 g/mol. The lowest BCUT2D eigenvalue weighted by Crippen LogP contribution is -2.54. The molecule has 0 radical (unpaired) electrons. The Morgan fingerprint density at radius 2 is 1.94 bits per heavy atom. The Hall–Kier alpha value is -2.53. The first-order chi connectivity index (χ1) is 15.4. The molecule has 2 aromatic carbocycles. The van der Waals surface area contributed by atoms with Crippen molar-refractivity contribution in [2.45, 2.75) is 57.6 Å². The maximum Gasteiger partial charge on any atom is 0.408 e. The maximum absolute atomic E-state index is 12.9. The van der Waals surface area contributed by atoms with Gasteiger partial charge in [0.15, 0.2) is 0 Å². The molecule has 5 heteroatoms. The molecular formula is C27H34N2O3. The predicted molar refractivity (Wildman–Crippen MR) is 126 cm³/mol. The highest BCUT2D eigenvalue weighted by molar-refractivity contribution is 5.71. The third-order valence-corrected chi connectivity index (χ3v) is 7.55. The topological polar surface area (TPSA) is 50.8 Å². The molecule has 5 nitrogen and oxygen atoms in total. The van der Waals surface area contributed by atoms with Crippen LogP contribution in [0.1, 0.15) is 57.1 Å². The van der Waals surface area contributed by atoms with E-state index in [4.69, 9.17) is 9.47 Å². The Morgan fingerprint density at radius 1 is 1.16 bits per heavy atom. The summed E-state index contributed by atoms with van der Waals surface area (Å²) in [6.07, 6.45) is 2.68. The number of ether oxygens (including phenoxy) is 2. The van der Waals surface area contributed by atoms with Crippen LogP contribution >= 0.6 is 0 Å². The minimum atomic E-state index is -0.503. The summed E-state index contributed by atoms with van der Waals surface area (Å²) >= 11 is 0. The van der Waals surface area contributed by atoms with Gasteiger partial charge in [-0.05, 0) is 67.4 Å². The van der Waals surface area contributed by atoms with Crippen LogP contribution in [0.4, 0.5) is 4.79 Å². The molecule has 0 aliphatic carbocycles. The van der Waals surface area contributed by atoms with Gasteiger partial charge >= 0.3 is 6.09 Å². The van der Waals surface area contributed by atoms with Gasteiger partial charge in [0.05, 0.1) is 12.1 Å². The van der Waals surface area contributed by atoms with Crippen LogP contribution < -0.4 is 10.1 Å². The number of fused-ring (bicyclic) bond motifs is 4. The van der Waals surface area contributed by atoms with Crippen molar-refractivity contribution in [3.05, 3.63) is 53.6 Å². The van der Waals surface area contributed by atoms with Crippen LogP contribution in [0.15, 0.2) is 42.5 Å². The van der Waals surface area contributed by atoms with Crippen molar-refractivity contribution in [3.8, 4) is 16.9 Å². The number of amides is 1. The van der Waals surface area contributed by atoms with Gasteiger partial charge in [0.2, 0.25) is 0 Å². The third-order valence-electron chi connectivity index (χ3n) is 7.55. The zero-order valence-electron chi connectivity index (χ0n) is 19.4. The average Bonchev–Trinajstić information content (AvgIpc) is 2.79. The fourth-order valence-corrected chi connectivity index (χ4v) is 5.42. The third kappa shape index (κ3) is 4.11. The van der Waals surface area contributed by atoms with Gasteiger partial charge in [0, 0.05) is 18.5 Å². The summed E-state index contributed by atoms with van der Waals surface area (Å²) in [6.45, 7) is 10.2.